The quantitative estimate of drug-likeness (QED) is 0.725. The third-order valence-corrected chi connectivity index (χ3v) is 3.53. The highest BCUT2D eigenvalue weighted by Gasteiger charge is 2.21. The number of ether oxygens (including phenoxy) is 1. The Morgan fingerprint density at radius 2 is 1.83 bits per heavy atom. The van der Waals surface area contributed by atoms with E-state index in [9.17, 15) is 0 Å². The second-order valence-corrected chi connectivity index (χ2v) is 4.91. The van der Waals surface area contributed by atoms with E-state index in [-0.39, 0.29) is 0 Å². The minimum atomic E-state index is 0.461. The second kappa shape index (κ2) is 7.36. The first-order chi connectivity index (χ1) is 8.92. The lowest BCUT2D eigenvalue weighted by atomic mass is 9.93. The van der Waals surface area contributed by atoms with Crippen LogP contribution in [0.25, 0.3) is 0 Å². The summed E-state index contributed by atoms with van der Waals surface area (Å²) in [5.74, 6) is 0.461. The molecule has 0 amide bonds. The van der Waals surface area contributed by atoms with Crippen LogP contribution < -0.4 is 0 Å². The molecule has 100 valence electrons. The first kappa shape index (κ1) is 13.3. The highest BCUT2D eigenvalue weighted by Crippen LogP contribution is 2.27. The van der Waals surface area contributed by atoms with Crippen molar-refractivity contribution in [3.63, 3.8) is 0 Å². The third kappa shape index (κ3) is 3.70. The molecule has 5 nitrogen and oxygen atoms in total. The van der Waals surface area contributed by atoms with Gasteiger partial charge in [-0.25, -0.2) is 0 Å². The van der Waals surface area contributed by atoms with E-state index in [1.807, 2.05) is 0 Å². The van der Waals surface area contributed by atoms with Gasteiger partial charge in [-0.05, 0) is 36.1 Å². The van der Waals surface area contributed by atoms with Crippen molar-refractivity contribution in [1.29, 1.82) is 0 Å². The van der Waals surface area contributed by atoms with Crippen molar-refractivity contribution in [2.24, 2.45) is 0 Å². The summed E-state index contributed by atoms with van der Waals surface area (Å²) in [7, 11) is 0. The summed E-state index contributed by atoms with van der Waals surface area (Å²) in [6, 6.07) is 0. The number of hydrogen-bond acceptors (Lipinski definition) is 5. The fourth-order valence-electron chi connectivity index (χ4n) is 2.44. The summed E-state index contributed by atoms with van der Waals surface area (Å²) in [5, 5.41) is 15.8. The summed E-state index contributed by atoms with van der Waals surface area (Å²) >= 11 is 0. The molecule has 0 atom stereocenters. The Kier molecular flexibility index (Phi) is 5.45. The molecule has 2 heterocycles. The molecule has 0 unspecified atom stereocenters. The zero-order valence-corrected chi connectivity index (χ0v) is 11.1. The van der Waals surface area contributed by atoms with Gasteiger partial charge in [0.2, 0.25) is 0 Å². The van der Waals surface area contributed by atoms with Crippen molar-refractivity contribution in [3.05, 3.63) is 11.4 Å². The molecule has 0 aliphatic carbocycles. The van der Waals surface area contributed by atoms with Crippen molar-refractivity contribution in [1.82, 2.24) is 20.6 Å². The number of nitrogens with zero attached hydrogens (tertiary/aromatic N) is 4. The maximum Gasteiger partial charge on any atom is 0.0915 e. The van der Waals surface area contributed by atoms with Crippen LogP contribution in [0.4, 0.5) is 0 Å². The lowest BCUT2D eigenvalue weighted by Crippen LogP contribution is -2.18. The van der Waals surface area contributed by atoms with Gasteiger partial charge in [0.25, 0.3) is 0 Å². The molecule has 1 saturated heterocycles. The lowest BCUT2D eigenvalue weighted by molar-refractivity contribution is 0.0838. The van der Waals surface area contributed by atoms with Gasteiger partial charge >= 0.3 is 0 Å². The zero-order chi connectivity index (χ0) is 12.6. The van der Waals surface area contributed by atoms with E-state index in [2.05, 4.69) is 27.5 Å². The van der Waals surface area contributed by atoms with E-state index in [4.69, 9.17) is 4.74 Å². The molecular formula is C13H22N4O. The molecule has 1 aromatic heterocycles. The van der Waals surface area contributed by atoms with Crippen LogP contribution in [-0.4, -0.2) is 33.8 Å². The topological polar surface area (TPSA) is 60.8 Å². The first-order valence-corrected chi connectivity index (χ1v) is 7.04. The smallest absolute Gasteiger partial charge is 0.0915 e. The number of hydrogen-bond donors (Lipinski definition) is 0. The van der Waals surface area contributed by atoms with Gasteiger partial charge in [0.1, 0.15) is 0 Å². The van der Waals surface area contributed by atoms with Crippen molar-refractivity contribution >= 4 is 0 Å². The van der Waals surface area contributed by atoms with Crippen LogP contribution in [-0.2, 0) is 11.2 Å². The molecule has 2 rings (SSSR count). The SMILES string of the molecule is CCCCCCc1nnnnc1C1CCOCC1. The molecule has 1 aromatic rings. The number of aryl methyl sites for hydroxylation is 1. The van der Waals surface area contributed by atoms with E-state index in [0.717, 1.165) is 43.9 Å². The van der Waals surface area contributed by atoms with Crippen LogP contribution in [0.2, 0.25) is 0 Å². The van der Waals surface area contributed by atoms with Gasteiger partial charge in [-0.2, -0.15) is 0 Å². The van der Waals surface area contributed by atoms with Gasteiger partial charge < -0.3 is 4.74 Å². The highest BCUT2D eigenvalue weighted by atomic mass is 16.5. The summed E-state index contributed by atoms with van der Waals surface area (Å²) in [4.78, 5) is 0. The van der Waals surface area contributed by atoms with Gasteiger partial charge in [0, 0.05) is 19.1 Å². The largest absolute Gasteiger partial charge is 0.381 e. The zero-order valence-electron chi connectivity index (χ0n) is 11.1. The first-order valence-electron chi connectivity index (χ1n) is 7.04. The van der Waals surface area contributed by atoms with E-state index in [0.29, 0.717) is 5.92 Å². The number of rotatable bonds is 6. The van der Waals surface area contributed by atoms with Crippen LogP contribution in [0.1, 0.15) is 62.8 Å². The monoisotopic (exact) mass is 250 g/mol. The maximum atomic E-state index is 5.39. The minimum absolute atomic E-state index is 0.461. The Morgan fingerprint density at radius 1 is 1.06 bits per heavy atom. The predicted octanol–water partition coefficient (Wildman–Crippen LogP) is 2.28. The fourth-order valence-corrected chi connectivity index (χ4v) is 2.44. The summed E-state index contributed by atoms with van der Waals surface area (Å²) in [6.07, 6.45) is 8.02. The molecule has 0 saturated carbocycles. The van der Waals surface area contributed by atoms with Gasteiger partial charge in [0.05, 0.1) is 11.4 Å². The van der Waals surface area contributed by atoms with Crippen molar-refractivity contribution in [2.45, 2.75) is 57.8 Å². The molecule has 0 bridgehead atoms. The van der Waals surface area contributed by atoms with Gasteiger partial charge in [-0.1, -0.05) is 26.2 Å². The minimum Gasteiger partial charge on any atom is -0.381 e. The molecular weight excluding hydrogens is 228 g/mol. The Labute approximate surface area is 108 Å². The Morgan fingerprint density at radius 3 is 2.61 bits per heavy atom. The van der Waals surface area contributed by atoms with Crippen LogP contribution in [0, 0.1) is 0 Å². The van der Waals surface area contributed by atoms with Crippen LogP contribution in [0.3, 0.4) is 0 Å². The average Bonchev–Trinajstić information content (AvgIpc) is 2.45. The standard InChI is InChI=1S/C13H22N4O/c1-2-3-4-5-6-12-13(15-17-16-14-12)11-7-9-18-10-8-11/h11H,2-10H2,1H3. The van der Waals surface area contributed by atoms with Crippen molar-refractivity contribution in [3.8, 4) is 0 Å². The average molecular weight is 250 g/mol. The molecule has 5 heteroatoms. The summed E-state index contributed by atoms with van der Waals surface area (Å²) < 4.78 is 5.39. The Hall–Kier alpha value is -1.10. The molecule has 18 heavy (non-hydrogen) atoms. The maximum absolute atomic E-state index is 5.39. The third-order valence-electron chi connectivity index (χ3n) is 3.53. The molecule has 0 aromatic carbocycles. The van der Waals surface area contributed by atoms with Gasteiger partial charge in [-0.15, -0.1) is 10.2 Å². The summed E-state index contributed by atoms with van der Waals surface area (Å²) in [5.41, 5.74) is 2.11. The normalized spacial score (nSPS) is 16.9. The molecule has 1 aliphatic rings. The summed E-state index contributed by atoms with van der Waals surface area (Å²) in [6.45, 7) is 3.87. The van der Waals surface area contributed by atoms with E-state index in [1.165, 1.54) is 25.7 Å². The van der Waals surface area contributed by atoms with E-state index in [1.54, 1.807) is 0 Å². The molecule has 1 aliphatic heterocycles. The van der Waals surface area contributed by atoms with Gasteiger partial charge in [-0.3, -0.25) is 0 Å². The Balaban J connectivity index is 1.96. The highest BCUT2D eigenvalue weighted by molar-refractivity contribution is 5.13. The van der Waals surface area contributed by atoms with Crippen LogP contribution in [0.5, 0.6) is 0 Å². The fraction of sp³-hybridized carbons (Fsp3) is 0.846. The second-order valence-electron chi connectivity index (χ2n) is 4.91. The van der Waals surface area contributed by atoms with Gasteiger partial charge in [0.15, 0.2) is 0 Å². The van der Waals surface area contributed by atoms with E-state index >= 15 is 0 Å². The molecule has 0 radical (unpaired) electrons. The number of aromatic nitrogens is 4. The molecule has 1 fully saturated rings. The number of unbranched alkanes of at least 4 members (excludes halogenated alkanes) is 3. The van der Waals surface area contributed by atoms with Crippen molar-refractivity contribution < 1.29 is 4.74 Å². The lowest BCUT2D eigenvalue weighted by Gasteiger charge is -2.21. The molecule has 0 spiro atoms. The predicted molar refractivity (Wildman–Crippen MR) is 68.3 cm³/mol. The Bertz CT molecular complexity index is 353. The van der Waals surface area contributed by atoms with Crippen LogP contribution >= 0.6 is 0 Å². The van der Waals surface area contributed by atoms with Crippen LogP contribution in [0.15, 0.2) is 0 Å². The molecule has 0 N–H and O–H groups in total. The van der Waals surface area contributed by atoms with Crippen molar-refractivity contribution in [2.75, 3.05) is 13.2 Å². The van der Waals surface area contributed by atoms with E-state index < -0.39 is 0 Å².